The van der Waals surface area contributed by atoms with Gasteiger partial charge >= 0.3 is 0 Å². The van der Waals surface area contributed by atoms with Crippen molar-refractivity contribution in [3.63, 3.8) is 0 Å². The van der Waals surface area contributed by atoms with Gasteiger partial charge in [-0.1, -0.05) is 0 Å². The van der Waals surface area contributed by atoms with Crippen molar-refractivity contribution >= 4 is 5.69 Å². The number of nitro groups is 1. The number of hydrogen-bond acceptors (Lipinski definition) is 5. The summed E-state index contributed by atoms with van der Waals surface area (Å²) in [5.41, 5.74) is -0.511. The van der Waals surface area contributed by atoms with Crippen LogP contribution in [0.5, 0.6) is 0 Å². The van der Waals surface area contributed by atoms with Gasteiger partial charge in [-0.15, -0.1) is 0 Å². The maximum atomic E-state index is 11.5. The summed E-state index contributed by atoms with van der Waals surface area (Å²) in [6, 6.07) is 2.77. The molecule has 0 spiro atoms. The highest BCUT2D eigenvalue weighted by molar-refractivity contribution is 5.24. The van der Waals surface area contributed by atoms with Crippen LogP contribution in [0.15, 0.2) is 23.1 Å². The van der Waals surface area contributed by atoms with Gasteiger partial charge in [0.05, 0.1) is 23.8 Å². The van der Waals surface area contributed by atoms with Gasteiger partial charge in [0.25, 0.3) is 11.2 Å². The number of aliphatic hydroxyl groups excluding tert-OH is 1. The minimum atomic E-state index is -0.731. The van der Waals surface area contributed by atoms with Crippen molar-refractivity contribution in [2.75, 3.05) is 6.54 Å². The predicted molar refractivity (Wildman–Crippen MR) is 64.4 cm³/mol. The summed E-state index contributed by atoms with van der Waals surface area (Å²) < 4.78 is 1.16. The van der Waals surface area contributed by atoms with Crippen LogP contribution < -0.4 is 10.9 Å². The van der Waals surface area contributed by atoms with Gasteiger partial charge in [-0.2, -0.15) is 0 Å². The molecule has 1 unspecified atom stereocenters. The number of aromatic nitrogens is 1. The lowest BCUT2D eigenvalue weighted by Crippen LogP contribution is -2.34. The molecule has 1 atom stereocenters. The molecular formula is C11H15N3O4. The molecule has 0 aliphatic heterocycles. The zero-order chi connectivity index (χ0) is 13.1. The molecule has 1 heterocycles. The molecule has 1 saturated carbocycles. The van der Waals surface area contributed by atoms with Crippen LogP contribution in [0.1, 0.15) is 12.8 Å². The highest BCUT2D eigenvalue weighted by Crippen LogP contribution is 2.18. The van der Waals surface area contributed by atoms with E-state index in [4.69, 9.17) is 0 Å². The first-order chi connectivity index (χ1) is 8.56. The topological polar surface area (TPSA) is 97.4 Å². The monoisotopic (exact) mass is 253 g/mol. The first-order valence-corrected chi connectivity index (χ1v) is 5.82. The van der Waals surface area contributed by atoms with Crippen molar-refractivity contribution in [1.29, 1.82) is 0 Å². The molecule has 1 aromatic heterocycles. The minimum Gasteiger partial charge on any atom is -0.390 e. The lowest BCUT2D eigenvalue weighted by molar-refractivity contribution is -0.385. The Morgan fingerprint density at radius 1 is 1.56 bits per heavy atom. The summed E-state index contributed by atoms with van der Waals surface area (Å²) in [5.74, 6) is 0. The van der Waals surface area contributed by atoms with Gasteiger partial charge in [-0.05, 0) is 12.8 Å². The van der Waals surface area contributed by atoms with Crippen molar-refractivity contribution in [2.24, 2.45) is 0 Å². The average molecular weight is 253 g/mol. The van der Waals surface area contributed by atoms with E-state index in [-0.39, 0.29) is 17.8 Å². The van der Waals surface area contributed by atoms with Crippen molar-refractivity contribution in [1.82, 2.24) is 9.88 Å². The number of nitrogens with one attached hydrogen (secondary N) is 1. The van der Waals surface area contributed by atoms with Crippen molar-refractivity contribution in [3.05, 3.63) is 38.8 Å². The molecule has 0 amide bonds. The number of nitrogens with zero attached hydrogens (tertiary/aromatic N) is 2. The third-order valence-electron chi connectivity index (χ3n) is 2.81. The fraction of sp³-hybridized carbons (Fsp3) is 0.545. The highest BCUT2D eigenvalue weighted by atomic mass is 16.6. The summed E-state index contributed by atoms with van der Waals surface area (Å²) in [5, 5.41) is 23.5. The van der Waals surface area contributed by atoms with Crippen LogP contribution in [0, 0.1) is 10.1 Å². The zero-order valence-electron chi connectivity index (χ0n) is 9.78. The van der Waals surface area contributed by atoms with E-state index in [1.807, 2.05) is 0 Å². The van der Waals surface area contributed by atoms with Crippen molar-refractivity contribution in [2.45, 2.75) is 31.5 Å². The molecule has 1 aliphatic rings. The van der Waals surface area contributed by atoms with Gasteiger partial charge in [0, 0.05) is 24.7 Å². The van der Waals surface area contributed by atoms with Crippen LogP contribution in [0.25, 0.3) is 0 Å². The summed E-state index contributed by atoms with van der Waals surface area (Å²) in [6.07, 6.45) is 2.65. The Bertz CT molecular complexity index is 495. The third-order valence-corrected chi connectivity index (χ3v) is 2.81. The summed E-state index contributed by atoms with van der Waals surface area (Å²) in [4.78, 5) is 21.5. The molecule has 98 valence electrons. The molecule has 0 bridgehead atoms. The molecule has 1 aromatic rings. The van der Waals surface area contributed by atoms with Gasteiger partial charge in [-0.3, -0.25) is 14.9 Å². The maximum Gasteiger partial charge on any atom is 0.285 e. The van der Waals surface area contributed by atoms with Crippen LogP contribution in [0.2, 0.25) is 0 Å². The lowest BCUT2D eigenvalue weighted by Gasteiger charge is -2.12. The SMILES string of the molecule is O=c1ccc([N+](=O)[O-])cn1CC(O)CNC1CC1. The van der Waals surface area contributed by atoms with E-state index in [9.17, 15) is 20.0 Å². The summed E-state index contributed by atoms with van der Waals surface area (Å²) >= 11 is 0. The van der Waals surface area contributed by atoms with Gasteiger partial charge < -0.3 is 15.0 Å². The lowest BCUT2D eigenvalue weighted by atomic mass is 10.3. The highest BCUT2D eigenvalue weighted by Gasteiger charge is 2.21. The quantitative estimate of drug-likeness (QED) is 0.543. The molecule has 7 nitrogen and oxygen atoms in total. The Kier molecular flexibility index (Phi) is 3.73. The molecule has 7 heteroatoms. The maximum absolute atomic E-state index is 11.5. The number of rotatable bonds is 6. The van der Waals surface area contributed by atoms with E-state index in [0.29, 0.717) is 12.6 Å². The second-order valence-corrected chi connectivity index (χ2v) is 4.47. The Balaban J connectivity index is 1.99. The van der Waals surface area contributed by atoms with E-state index in [0.717, 1.165) is 35.7 Å². The molecule has 2 rings (SSSR count). The number of pyridine rings is 1. The van der Waals surface area contributed by atoms with Crippen LogP contribution in [-0.2, 0) is 6.54 Å². The van der Waals surface area contributed by atoms with Crippen LogP contribution in [0.3, 0.4) is 0 Å². The van der Waals surface area contributed by atoms with Gasteiger partial charge in [0.2, 0.25) is 0 Å². The molecule has 0 aromatic carbocycles. The van der Waals surface area contributed by atoms with Gasteiger partial charge in [-0.25, -0.2) is 0 Å². The molecule has 2 N–H and O–H groups in total. The molecule has 1 fully saturated rings. The Labute approximate surface area is 103 Å². The van der Waals surface area contributed by atoms with Gasteiger partial charge in [0.1, 0.15) is 0 Å². The smallest absolute Gasteiger partial charge is 0.285 e. The number of hydrogen-bond donors (Lipinski definition) is 2. The Morgan fingerprint density at radius 3 is 2.89 bits per heavy atom. The first-order valence-electron chi connectivity index (χ1n) is 5.82. The summed E-state index contributed by atoms with van der Waals surface area (Å²) in [6.45, 7) is 0.444. The Hall–Kier alpha value is -1.73. The molecule has 0 saturated heterocycles. The van der Waals surface area contributed by atoms with Crippen LogP contribution >= 0.6 is 0 Å². The van der Waals surface area contributed by atoms with E-state index in [1.165, 1.54) is 0 Å². The second kappa shape index (κ2) is 5.28. The second-order valence-electron chi connectivity index (χ2n) is 4.47. The zero-order valence-corrected chi connectivity index (χ0v) is 9.78. The van der Waals surface area contributed by atoms with Gasteiger partial charge in [0.15, 0.2) is 0 Å². The predicted octanol–water partition coefficient (Wildman–Crippen LogP) is -0.131. The standard InChI is InChI=1S/C11H15N3O4/c15-10(5-12-8-1-2-8)7-13-6-9(14(17)18)3-4-11(13)16/h3-4,6,8,10,12,15H,1-2,5,7H2. The molecular weight excluding hydrogens is 238 g/mol. The largest absolute Gasteiger partial charge is 0.390 e. The fourth-order valence-corrected chi connectivity index (χ4v) is 1.65. The molecule has 1 aliphatic carbocycles. The normalized spacial score (nSPS) is 16.5. The minimum absolute atomic E-state index is 0.0558. The van der Waals surface area contributed by atoms with Crippen molar-refractivity contribution in [3.8, 4) is 0 Å². The van der Waals surface area contributed by atoms with Crippen LogP contribution in [-0.4, -0.2) is 33.3 Å². The van der Waals surface area contributed by atoms with Crippen molar-refractivity contribution < 1.29 is 10.0 Å². The average Bonchev–Trinajstić information content (AvgIpc) is 3.13. The first kappa shape index (κ1) is 12.7. The van der Waals surface area contributed by atoms with E-state index < -0.39 is 11.0 Å². The third kappa shape index (κ3) is 3.38. The summed E-state index contributed by atoms with van der Waals surface area (Å²) in [7, 11) is 0. The molecule has 18 heavy (non-hydrogen) atoms. The van der Waals surface area contributed by atoms with E-state index in [1.54, 1.807) is 0 Å². The fourth-order valence-electron chi connectivity index (χ4n) is 1.65. The van der Waals surface area contributed by atoms with E-state index >= 15 is 0 Å². The van der Waals surface area contributed by atoms with Crippen LogP contribution in [0.4, 0.5) is 5.69 Å². The Morgan fingerprint density at radius 2 is 2.28 bits per heavy atom. The molecule has 0 radical (unpaired) electrons. The van der Waals surface area contributed by atoms with E-state index in [2.05, 4.69) is 5.32 Å². The number of aliphatic hydroxyl groups is 1.